The molecule has 1 fully saturated rings. The van der Waals surface area contributed by atoms with E-state index in [-0.39, 0.29) is 12.5 Å². The monoisotopic (exact) mass is 297 g/mol. The minimum Gasteiger partial charge on any atom is -0.454 e. The van der Waals surface area contributed by atoms with Crippen LogP contribution in [0.15, 0.2) is 14.1 Å². The third-order valence-corrected chi connectivity index (χ3v) is 3.16. The summed E-state index contributed by atoms with van der Waals surface area (Å²) in [5.41, 5.74) is -1.77. The predicted molar refractivity (Wildman–Crippen MR) is 68.5 cm³/mol. The van der Waals surface area contributed by atoms with Gasteiger partial charge in [0.1, 0.15) is 11.9 Å². The number of esters is 1. The molecule has 1 aliphatic rings. The molecule has 0 aromatic carbocycles. The second-order valence-electron chi connectivity index (χ2n) is 4.70. The Morgan fingerprint density at radius 3 is 2.81 bits per heavy atom. The van der Waals surface area contributed by atoms with Crippen LogP contribution in [0.25, 0.3) is 0 Å². The number of morpholine rings is 1. The number of unbranched alkanes of at least 4 members (excludes halogenated alkanes) is 1. The molecule has 0 unspecified atom stereocenters. The van der Waals surface area contributed by atoms with Crippen LogP contribution in [0.3, 0.4) is 0 Å². The summed E-state index contributed by atoms with van der Waals surface area (Å²) in [7, 11) is 0. The van der Waals surface area contributed by atoms with Crippen LogP contribution in [0.4, 0.5) is 0 Å². The van der Waals surface area contributed by atoms with Gasteiger partial charge in [-0.2, -0.15) is 0 Å². The van der Waals surface area contributed by atoms with Crippen LogP contribution in [0.5, 0.6) is 0 Å². The Balaban J connectivity index is 1.87. The third-order valence-electron chi connectivity index (χ3n) is 3.16. The highest BCUT2D eigenvalue weighted by atomic mass is 16.5. The zero-order valence-corrected chi connectivity index (χ0v) is 11.5. The van der Waals surface area contributed by atoms with E-state index in [1.807, 2.05) is 0 Å². The Morgan fingerprint density at radius 1 is 1.29 bits per heavy atom. The highest BCUT2D eigenvalue weighted by Crippen LogP contribution is 2.07. The van der Waals surface area contributed by atoms with Crippen molar-refractivity contribution in [3.05, 3.63) is 26.6 Å². The van der Waals surface area contributed by atoms with E-state index >= 15 is 0 Å². The van der Waals surface area contributed by atoms with Crippen molar-refractivity contribution < 1.29 is 18.8 Å². The molecular formula is C12H15N3O6. The summed E-state index contributed by atoms with van der Waals surface area (Å²) < 4.78 is 10.2. The number of cyclic esters (lactones) is 1. The van der Waals surface area contributed by atoms with Crippen molar-refractivity contribution >= 4 is 11.9 Å². The van der Waals surface area contributed by atoms with Gasteiger partial charge in [0, 0.05) is 6.54 Å². The summed E-state index contributed by atoms with van der Waals surface area (Å²) >= 11 is 0. The molecule has 1 aliphatic heterocycles. The van der Waals surface area contributed by atoms with Gasteiger partial charge in [0.15, 0.2) is 6.61 Å². The first-order chi connectivity index (χ1) is 9.99. The topological polar surface area (TPSA) is 120 Å². The number of nitrogens with zero attached hydrogens (tertiary/aromatic N) is 2. The van der Waals surface area contributed by atoms with Gasteiger partial charge in [0.2, 0.25) is 0 Å². The Kier molecular flexibility index (Phi) is 4.51. The SMILES string of the molecule is Cc1noc(=O)c(=O)n1CCCC[C@@H]1NC(=O)COC1=O. The molecule has 114 valence electrons. The number of ether oxygens (including phenoxy) is 1. The summed E-state index contributed by atoms with van der Waals surface area (Å²) in [5, 5.41) is 6.01. The first-order valence-electron chi connectivity index (χ1n) is 6.52. The molecule has 9 heteroatoms. The number of rotatable bonds is 5. The van der Waals surface area contributed by atoms with Crippen molar-refractivity contribution in [1.29, 1.82) is 0 Å². The number of hydrogen-bond acceptors (Lipinski definition) is 7. The van der Waals surface area contributed by atoms with Crippen LogP contribution in [-0.4, -0.2) is 34.2 Å². The molecule has 0 spiro atoms. The van der Waals surface area contributed by atoms with Crippen LogP contribution in [-0.2, 0) is 20.9 Å². The predicted octanol–water partition coefficient (Wildman–Crippen LogP) is -1.28. The van der Waals surface area contributed by atoms with E-state index in [1.54, 1.807) is 6.92 Å². The highest BCUT2D eigenvalue weighted by molar-refractivity contribution is 5.90. The highest BCUT2D eigenvalue weighted by Gasteiger charge is 2.27. The van der Waals surface area contributed by atoms with Gasteiger partial charge in [-0.15, -0.1) is 0 Å². The fourth-order valence-electron chi connectivity index (χ4n) is 2.06. The van der Waals surface area contributed by atoms with Gasteiger partial charge in [0.05, 0.1) is 0 Å². The Morgan fingerprint density at radius 2 is 2.05 bits per heavy atom. The quantitative estimate of drug-likeness (QED) is 0.408. The summed E-state index contributed by atoms with van der Waals surface area (Å²) in [4.78, 5) is 45.2. The Hall–Kier alpha value is -2.45. The van der Waals surface area contributed by atoms with Crippen LogP contribution >= 0.6 is 0 Å². The molecule has 1 atom stereocenters. The summed E-state index contributed by atoms with van der Waals surface area (Å²) in [6, 6.07) is -0.650. The Labute approximate surface area is 118 Å². The van der Waals surface area contributed by atoms with E-state index in [4.69, 9.17) is 4.74 Å². The maximum absolute atomic E-state index is 11.6. The maximum Gasteiger partial charge on any atom is 0.423 e. The smallest absolute Gasteiger partial charge is 0.423 e. The van der Waals surface area contributed by atoms with Gasteiger partial charge in [0.25, 0.3) is 5.91 Å². The van der Waals surface area contributed by atoms with E-state index in [0.29, 0.717) is 31.6 Å². The van der Waals surface area contributed by atoms with Crippen LogP contribution in [0.2, 0.25) is 0 Å². The van der Waals surface area contributed by atoms with Crippen molar-refractivity contribution in [2.75, 3.05) is 6.61 Å². The molecule has 9 nitrogen and oxygen atoms in total. The molecule has 1 N–H and O–H groups in total. The number of aryl methyl sites for hydroxylation is 1. The first kappa shape index (κ1) is 14.9. The van der Waals surface area contributed by atoms with Crippen molar-refractivity contribution in [2.45, 2.75) is 38.8 Å². The fourth-order valence-corrected chi connectivity index (χ4v) is 2.06. The van der Waals surface area contributed by atoms with Crippen molar-refractivity contribution in [3.8, 4) is 0 Å². The molecule has 1 aromatic rings. The number of carbonyl (C=O) groups is 2. The minimum atomic E-state index is -1.01. The van der Waals surface area contributed by atoms with E-state index in [1.165, 1.54) is 4.57 Å². The molecule has 2 heterocycles. The zero-order chi connectivity index (χ0) is 15.4. The third kappa shape index (κ3) is 3.56. The molecule has 0 radical (unpaired) electrons. The summed E-state index contributed by atoms with van der Waals surface area (Å²) in [5.74, 6) is -0.466. The van der Waals surface area contributed by atoms with E-state index in [0.717, 1.165) is 0 Å². The molecule has 0 aliphatic carbocycles. The standard InChI is InChI=1S/C12H15N3O6/c1-7-14-21-12(19)10(17)15(7)5-3-2-4-8-11(18)20-6-9(16)13-8/h8H,2-6H2,1H3,(H,13,16)/t8-/m0/s1. The maximum atomic E-state index is 11.6. The normalized spacial score (nSPS) is 18.2. The van der Waals surface area contributed by atoms with Crippen LogP contribution in [0, 0.1) is 6.92 Å². The second-order valence-corrected chi connectivity index (χ2v) is 4.70. The van der Waals surface area contributed by atoms with E-state index in [9.17, 15) is 19.2 Å². The lowest BCUT2D eigenvalue weighted by atomic mass is 10.1. The first-order valence-corrected chi connectivity index (χ1v) is 6.52. The molecule has 1 aromatic heterocycles. The summed E-state index contributed by atoms with van der Waals surface area (Å²) in [6.45, 7) is 1.61. The van der Waals surface area contributed by atoms with Gasteiger partial charge >= 0.3 is 17.2 Å². The van der Waals surface area contributed by atoms with Gasteiger partial charge in [-0.25, -0.2) is 9.59 Å². The van der Waals surface area contributed by atoms with Crippen LogP contribution in [0.1, 0.15) is 25.1 Å². The zero-order valence-electron chi connectivity index (χ0n) is 11.5. The average Bonchev–Trinajstić information content (AvgIpc) is 2.46. The minimum absolute atomic E-state index is 0.241. The molecule has 0 saturated carbocycles. The number of carbonyl (C=O) groups excluding carboxylic acids is 2. The lowest BCUT2D eigenvalue weighted by Crippen LogP contribution is -2.49. The summed E-state index contributed by atoms with van der Waals surface area (Å²) in [6.07, 6.45) is 1.53. The van der Waals surface area contributed by atoms with Gasteiger partial charge in [-0.1, -0.05) is 5.16 Å². The molecule has 21 heavy (non-hydrogen) atoms. The lowest BCUT2D eigenvalue weighted by molar-refractivity contribution is -0.157. The molecule has 0 bridgehead atoms. The van der Waals surface area contributed by atoms with Crippen molar-refractivity contribution in [1.82, 2.24) is 15.0 Å². The lowest BCUT2D eigenvalue weighted by Gasteiger charge is -2.22. The fraction of sp³-hybridized carbons (Fsp3) is 0.583. The molecular weight excluding hydrogens is 282 g/mol. The molecule has 2 rings (SSSR count). The largest absolute Gasteiger partial charge is 0.454 e. The van der Waals surface area contributed by atoms with Crippen molar-refractivity contribution in [3.63, 3.8) is 0 Å². The van der Waals surface area contributed by atoms with E-state index < -0.39 is 23.2 Å². The van der Waals surface area contributed by atoms with Crippen molar-refractivity contribution in [2.24, 2.45) is 0 Å². The Bertz CT molecular complexity index is 662. The van der Waals surface area contributed by atoms with Gasteiger partial charge in [-0.3, -0.25) is 14.2 Å². The second kappa shape index (κ2) is 6.33. The number of hydrogen-bond donors (Lipinski definition) is 1. The van der Waals surface area contributed by atoms with Gasteiger partial charge in [-0.05, 0) is 26.2 Å². The average molecular weight is 297 g/mol. The van der Waals surface area contributed by atoms with Crippen LogP contribution < -0.4 is 16.5 Å². The number of nitrogens with one attached hydrogen (secondary N) is 1. The molecule has 1 saturated heterocycles. The van der Waals surface area contributed by atoms with E-state index in [2.05, 4.69) is 15.0 Å². The van der Waals surface area contributed by atoms with Gasteiger partial charge < -0.3 is 14.6 Å². The molecule has 1 amide bonds. The number of aromatic nitrogens is 2. The number of amides is 1.